The Morgan fingerprint density at radius 1 is 0.830 bits per heavy atom. The Morgan fingerprint density at radius 3 is 2.17 bits per heavy atom. The van der Waals surface area contributed by atoms with E-state index in [1.54, 1.807) is 24.3 Å². The molecule has 1 aliphatic carbocycles. The van der Waals surface area contributed by atoms with Crippen molar-refractivity contribution in [3.8, 4) is 0 Å². The van der Waals surface area contributed by atoms with E-state index in [-0.39, 0.29) is 45.5 Å². The molecule has 4 aromatic rings. The highest BCUT2D eigenvalue weighted by Crippen LogP contribution is 2.36. The van der Waals surface area contributed by atoms with Gasteiger partial charge in [-0.15, -0.1) is 0 Å². The largest absolute Gasteiger partial charge is 0.352 e. The van der Waals surface area contributed by atoms with Crippen molar-refractivity contribution in [3.63, 3.8) is 0 Å². The van der Waals surface area contributed by atoms with Gasteiger partial charge in [-0.05, 0) is 62.1 Å². The van der Waals surface area contributed by atoms with Crippen LogP contribution >= 0.6 is 23.2 Å². The van der Waals surface area contributed by atoms with E-state index in [0.29, 0.717) is 0 Å². The molecule has 1 fully saturated rings. The highest BCUT2D eigenvalue weighted by atomic mass is 35.5. The van der Waals surface area contributed by atoms with Gasteiger partial charge in [0.1, 0.15) is 12.6 Å². The third kappa shape index (κ3) is 8.55. The molecular weight excluding hydrogens is 653 g/mol. The fraction of sp³-hybridized carbons (Fsp3) is 0.297. The second-order valence-corrected chi connectivity index (χ2v) is 14.8. The minimum Gasteiger partial charge on any atom is -0.352 e. The van der Waals surface area contributed by atoms with Gasteiger partial charge in [0.25, 0.3) is 10.0 Å². The number of sulfonamides is 1. The SMILES string of the molecule is Cc1ccc(S(=O)(=O)N(CC(=O)N(Cc2cccc(C)c2)C(Cc2ccccc2)C(=O)NC2CCCC2)c2cccc(Cl)c2Cl)cc1. The maximum Gasteiger partial charge on any atom is 0.264 e. The molecule has 1 aliphatic rings. The predicted molar refractivity (Wildman–Crippen MR) is 188 cm³/mol. The molecule has 5 rings (SSSR count). The van der Waals surface area contributed by atoms with Crippen LogP contribution in [0, 0.1) is 13.8 Å². The van der Waals surface area contributed by atoms with Crippen LogP contribution in [0.4, 0.5) is 5.69 Å². The number of rotatable bonds is 12. The molecule has 0 spiro atoms. The number of amides is 2. The Hall–Kier alpha value is -3.85. The van der Waals surface area contributed by atoms with Crippen molar-refractivity contribution in [2.75, 3.05) is 10.8 Å². The Kier molecular flexibility index (Phi) is 11.3. The summed E-state index contributed by atoms with van der Waals surface area (Å²) in [5, 5.41) is 3.34. The van der Waals surface area contributed by atoms with E-state index in [9.17, 15) is 18.0 Å². The van der Waals surface area contributed by atoms with Crippen LogP contribution in [0.5, 0.6) is 0 Å². The molecule has 4 aromatic carbocycles. The zero-order valence-corrected chi connectivity index (χ0v) is 28.9. The summed E-state index contributed by atoms with van der Waals surface area (Å²) in [6.07, 6.45) is 4.08. The van der Waals surface area contributed by atoms with E-state index in [1.807, 2.05) is 68.4 Å². The number of hydrogen-bond donors (Lipinski definition) is 1. The molecule has 47 heavy (non-hydrogen) atoms. The number of carbonyl (C=O) groups excluding carboxylic acids is 2. The molecule has 0 aliphatic heterocycles. The van der Waals surface area contributed by atoms with Crippen LogP contribution in [0.3, 0.4) is 0 Å². The van der Waals surface area contributed by atoms with Crippen LogP contribution in [-0.4, -0.2) is 43.8 Å². The molecule has 0 radical (unpaired) electrons. The lowest BCUT2D eigenvalue weighted by molar-refractivity contribution is -0.140. The molecule has 0 bridgehead atoms. The molecule has 246 valence electrons. The van der Waals surface area contributed by atoms with Gasteiger partial charge in [0, 0.05) is 19.0 Å². The first-order chi connectivity index (χ1) is 22.5. The summed E-state index contributed by atoms with van der Waals surface area (Å²) in [7, 11) is -4.30. The van der Waals surface area contributed by atoms with Crippen molar-refractivity contribution >= 4 is 50.7 Å². The molecule has 1 saturated carbocycles. The first-order valence-corrected chi connectivity index (χ1v) is 18.0. The summed E-state index contributed by atoms with van der Waals surface area (Å²) in [5.41, 5.74) is 3.65. The summed E-state index contributed by atoms with van der Waals surface area (Å²) in [4.78, 5) is 30.3. The highest BCUT2D eigenvalue weighted by molar-refractivity contribution is 7.92. The summed E-state index contributed by atoms with van der Waals surface area (Å²) >= 11 is 13.0. The number of nitrogens with zero attached hydrogens (tertiary/aromatic N) is 2. The first-order valence-electron chi connectivity index (χ1n) is 15.8. The van der Waals surface area contributed by atoms with Crippen LogP contribution in [0.15, 0.2) is 102 Å². The van der Waals surface area contributed by atoms with Crippen molar-refractivity contribution in [1.29, 1.82) is 0 Å². The van der Waals surface area contributed by atoms with Crippen LogP contribution in [0.1, 0.15) is 47.9 Å². The maximum absolute atomic E-state index is 14.7. The molecule has 1 N–H and O–H groups in total. The minimum atomic E-state index is -4.30. The van der Waals surface area contributed by atoms with E-state index in [0.717, 1.165) is 52.2 Å². The van der Waals surface area contributed by atoms with Gasteiger partial charge in [-0.3, -0.25) is 13.9 Å². The van der Waals surface area contributed by atoms with Crippen LogP contribution in [0.25, 0.3) is 0 Å². The van der Waals surface area contributed by atoms with Crippen LogP contribution < -0.4 is 9.62 Å². The van der Waals surface area contributed by atoms with E-state index >= 15 is 0 Å². The van der Waals surface area contributed by atoms with Gasteiger partial charge < -0.3 is 10.2 Å². The third-order valence-corrected chi connectivity index (χ3v) is 11.1. The molecule has 2 amide bonds. The number of halogens is 2. The molecule has 10 heteroatoms. The van der Waals surface area contributed by atoms with Crippen molar-refractivity contribution in [1.82, 2.24) is 10.2 Å². The van der Waals surface area contributed by atoms with Gasteiger partial charge in [-0.25, -0.2) is 8.42 Å². The number of hydrogen-bond acceptors (Lipinski definition) is 4. The van der Waals surface area contributed by atoms with Gasteiger partial charge in [0.15, 0.2) is 0 Å². The van der Waals surface area contributed by atoms with E-state index < -0.39 is 28.5 Å². The normalized spacial score (nSPS) is 14.0. The van der Waals surface area contributed by atoms with Crippen molar-refractivity contribution < 1.29 is 18.0 Å². The second-order valence-electron chi connectivity index (χ2n) is 12.1. The average molecular weight is 693 g/mol. The fourth-order valence-corrected chi connectivity index (χ4v) is 7.84. The van der Waals surface area contributed by atoms with Gasteiger partial charge in [0.05, 0.1) is 20.6 Å². The molecule has 7 nitrogen and oxygen atoms in total. The average Bonchev–Trinajstić information content (AvgIpc) is 3.56. The predicted octanol–water partition coefficient (Wildman–Crippen LogP) is 7.50. The monoisotopic (exact) mass is 691 g/mol. The van der Waals surface area contributed by atoms with Gasteiger partial charge in [0.2, 0.25) is 11.8 Å². The summed E-state index contributed by atoms with van der Waals surface area (Å²) < 4.78 is 29.5. The lowest BCUT2D eigenvalue weighted by Gasteiger charge is -2.34. The molecule has 0 aromatic heterocycles. The number of carbonyl (C=O) groups is 2. The molecule has 0 saturated heterocycles. The lowest BCUT2D eigenvalue weighted by Crippen LogP contribution is -2.54. The van der Waals surface area contributed by atoms with Gasteiger partial charge in [-0.1, -0.05) is 120 Å². The van der Waals surface area contributed by atoms with Crippen molar-refractivity contribution in [2.24, 2.45) is 0 Å². The Balaban J connectivity index is 1.59. The van der Waals surface area contributed by atoms with Crippen molar-refractivity contribution in [2.45, 2.75) is 69.5 Å². The summed E-state index contributed by atoms with van der Waals surface area (Å²) in [6.45, 7) is 3.31. The summed E-state index contributed by atoms with van der Waals surface area (Å²) in [6, 6.07) is 27.4. The first kappa shape index (κ1) is 34.5. The fourth-order valence-electron chi connectivity index (χ4n) is 5.96. The number of benzene rings is 4. The Labute approximate surface area is 287 Å². The Morgan fingerprint density at radius 2 is 1.49 bits per heavy atom. The minimum absolute atomic E-state index is 0.00250. The van der Waals surface area contributed by atoms with Gasteiger partial charge >= 0.3 is 0 Å². The topological polar surface area (TPSA) is 86.8 Å². The van der Waals surface area contributed by atoms with E-state index in [2.05, 4.69) is 5.32 Å². The molecule has 1 atom stereocenters. The Bertz CT molecular complexity index is 1810. The molecule has 1 unspecified atom stereocenters. The van der Waals surface area contributed by atoms with Crippen molar-refractivity contribution in [3.05, 3.63) is 129 Å². The van der Waals surface area contributed by atoms with Gasteiger partial charge in [-0.2, -0.15) is 0 Å². The molecular formula is C37H39Cl2N3O4S. The van der Waals surface area contributed by atoms with E-state index in [4.69, 9.17) is 23.2 Å². The number of nitrogens with one attached hydrogen (secondary N) is 1. The second kappa shape index (κ2) is 15.4. The number of anilines is 1. The zero-order chi connectivity index (χ0) is 33.6. The lowest BCUT2D eigenvalue weighted by atomic mass is 10.0. The smallest absolute Gasteiger partial charge is 0.264 e. The quantitative estimate of drug-likeness (QED) is 0.167. The summed E-state index contributed by atoms with van der Waals surface area (Å²) in [5.74, 6) is -0.823. The maximum atomic E-state index is 14.7. The third-order valence-electron chi connectivity index (χ3n) is 8.50. The molecule has 0 heterocycles. The highest BCUT2D eigenvalue weighted by Gasteiger charge is 2.36. The van der Waals surface area contributed by atoms with Crippen LogP contribution in [0.2, 0.25) is 10.0 Å². The standard InChI is InChI=1S/C37H39Cl2N3O4S/c1-26-18-20-31(21-19-26)47(45,46)42(33-17-9-16-32(38)36(33)39)25-35(43)41(24-29-13-8-10-27(2)22-29)34(23-28-11-4-3-5-12-28)37(44)40-30-14-6-7-15-30/h3-5,8-13,16-22,30,34H,6-7,14-15,23-25H2,1-2H3,(H,40,44). The van der Waals surface area contributed by atoms with E-state index in [1.165, 1.54) is 23.1 Å². The zero-order valence-electron chi connectivity index (χ0n) is 26.5. The number of aryl methyl sites for hydroxylation is 2. The van der Waals surface area contributed by atoms with Crippen LogP contribution in [-0.2, 0) is 32.6 Å².